The van der Waals surface area contributed by atoms with Gasteiger partial charge in [0.1, 0.15) is 11.3 Å². The molecule has 2 aromatic heterocycles. The van der Waals surface area contributed by atoms with E-state index in [1.54, 1.807) is 31.9 Å². The second-order valence-corrected chi connectivity index (χ2v) is 11.7. The summed E-state index contributed by atoms with van der Waals surface area (Å²) >= 11 is 4.70. The SMILES string of the molecule is CC(C)(C)OC(=O)N(c1ncc(Br)s1)[C@@H](CCc1ccc(C(F)(F)F)nc1)C(C)(C)C. The Morgan fingerprint density at radius 2 is 1.77 bits per heavy atom. The molecular formula is C21H27BrF3N3O2S. The van der Waals surface area contributed by atoms with E-state index in [1.165, 1.54) is 23.6 Å². The molecule has 2 heterocycles. The number of aryl methyl sites for hydroxylation is 1. The lowest BCUT2D eigenvalue weighted by Crippen LogP contribution is -2.49. The van der Waals surface area contributed by atoms with E-state index in [1.807, 2.05) is 20.8 Å². The highest BCUT2D eigenvalue weighted by molar-refractivity contribution is 9.11. The van der Waals surface area contributed by atoms with E-state index in [0.29, 0.717) is 23.5 Å². The smallest absolute Gasteiger partial charge is 0.433 e. The van der Waals surface area contributed by atoms with Gasteiger partial charge in [0.05, 0.1) is 9.98 Å². The second kappa shape index (κ2) is 9.44. The zero-order valence-corrected chi connectivity index (χ0v) is 20.8. The van der Waals surface area contributed by atoms with Crippen LogP contribution in [0, 0.1) is 5.41 Å². The van der Waals surface area contributed by atoms with E-state index in [-0.39, 0.29) is 11.5 Å². The van der Waals surface area contributed by atoms with Crippen LogP contribution in [0.15, 0.2) is 28.3 Å². The van der Waals surface area contributed by atoms with Crippen molar-refractivity contribution in [1.82, 2.24) is 9.97 Å². The number of amides is 1. The molecule has 0 aliphatic carbocycles. The van der Waals surface area contributed by atoms with Gasteiger partial charge < -0.3 is 4.74 Å². The number of ether oxygens (including phenoxy) is 1. The fourth-order valence-electron chi connectivity index (χ4n) is 3.00. The van der Waals surface area contributed by atoms with Crippen LogP contribution >= 0.6 is 27.3 Å². The van der Waals surface area contributed by atoms with Crippen molar-refractivity contribution < 1.29 is 22.7 Å². The van der Waals surface area contributed by atoms with Gasteiger partial charge in [0.2, 0.25) is 0 Å². The zero-order chi connectivity index (χ0) is 23.6. The topological polar surface area (TPSA) is 55.3 Å². The lowest BCUT2D eigenvalue weighted by atomic mass is 9.82. The minimum atomic E-state index is -4.47. The molecule has 2 aromatic rings. The molecule has 0 saturated heterocycles. The minimum absolute atomic E-state index is 0.317. The van der Waals surface area contributed by atoms with Gasteiger partial charge >= 0.3 is 12.3 Å². The van der Waals surface area contributed by atoms with E-state index < -0.39 is 23.6 Å². The van der Waals surface area contributed by atoms with E-state index in [0.717, 1.165) is 9.85 Å². The van der Waals surface area contributed by atoms with Crippen LogP contribution in [0.25, 0.3) is 0 Å². The predicted octanol–water partition coefficient (Wildman–Crippen LogP) is 7.11. The highest BCUT2D eigenvalue weighted by Gasteiger charge is 2.38. The molecule has 10 heteroatoms. The zero-order valence-electron chi connectivity index (χ0n) is 18.4. The summed E-state index contributed by atoms with van der Waals surface area (Å²) in [7, 11) is 0. The molecule has 0 N–H and O–H groups in total. The maximum absolute atomic E-state index is 13.1. The van der Waals surface area contributed by atoms with Crippen molar-refractivity contribution in [2.45, 2.75) is 72.2 Å². The number of anilines is 1. The van der Waals surface area contributed by atoms with Crippen molar-refractivity contribution in [3.8, 4) is 0 Å². The summed E-state index contributed by atoms with van der Waals surface area (Å²) in [6, 6.07) is 2.08. The van der Waals surface area contributed by atoms with Crippen LogP contribution in [0.2, 0.25) is 0 Å². The lowest BCUT2D eigenvalue weighted by Gasteiger charge is -2.39. The van der Waals surface area contributed by atoms with Crippen molar-refractivity contribution in [1.29, 1.82) is 0 Å². The number of nitrogens with zero attached hydrogens (tertiary/aromatic N) is 3. The van der Waals surface area contributed by atoms with Gasteiger partial charge in [0.15, 0.2) is 5.13 Å². The van der Waals surface area contributed by atoms with E-state index in [4.69, 9.17) is 4.74 Å². The highest BCUT2D eigenvalue weighted by atomic mass is 79.9. The average molecular weight is 522 g/mol. The van der Waals surface area contributed by atoms with Crippen LogP contribution in [0.5, 0.6) is 0 Å². The van der Waals surface area contributed by atoms with E-state index in [2.05, 4.69) is 25.9 Å². The Labute approximate surface area is 193 Å². The Kier molecular flexibility index (Phi) is 7.79. The number of halogens is 4. The van der Waals surface area contributed by atoms with Crippen LogP contribution < -0.4 is 4.90 Å². The van der Waals surface area contributed by atoms with E-state index in [9.17, 15) is 18.0 Å². The molecule has 0 aliphatic rings. The summed E-state index contributed by atoms with van der Waals surface area (Å²) in [5.74, 6) is 0. The molecule has 2 rings (SSSR count). The first-order valence-corrected chi connectivity index (χ1v) is 11.3. The number of hydrogen-bond donors (Lipinski definition) is 0. The number of hydrogen-bond acceptors (Lipinski definition) is 5. The second-order valence-electron chi connectivity index (χ2n) is 9.27. The first kappa shape index (κ1) is 25.6. The first-order chi connectivity index (χ1) is 14.1. The minimum Gasteiger partial charge on any atom is -0.443 e. The molecule has 0 bridgehead atoms. The maximum atomic E-state index is 13.1. The summed E-state index contributed by atoms with van der Waals surface area (Å²) in [5, 5.41) is 0.492. The molecule has 0 radical (unpaired) electrons. The Morgan fingerprint density at radius 3 is 2.19 bits per heavy atom. The molecule has 1 amide bonds. The number of thiazole rings is 1. The van der Waals surface area contributed by atoms with Crippen LogP contribution in [0.4, 0.5) is 23.1 Å². The number of alkyl halides is 3. The Balaban J connectivity index is 2.32. The lowest BCUT2D eigenvalue weighted by molar-refractivity contribution is -0.141. The fourth-order valence-corrected chi connectivity index (χ4v) is 4.22. The molecule has 172 valence electrons. The van der Waals surface area contributed by atoms with Gasteiger partial charge in [-0.3, -0.25) is 4.98 Å². The number of aromatic nitrogens is 2. The van der Waals surface area contributed by atoms with Crippen molar-refractivity contribution in [2.24, 2.45) is 5.41 Å². The molecule has 1 atom stereocenters. The molecule has 0 spiro atoms. The van der Waals surface area contributed by atoms with Gasteiger partial charge in [-0.2, -0.15) is 13.2 Å². The van der Waals surface area contributed by atoms with Crippen LogP contribution in [0.3, 0.4) is 0 Å². The summed E-state index contributed by atoms with van der Waals surface area (Å²) < 4.78 is 44.8. The molecule has 31 heavy (non-hydrogen) atoms. The molecule has 0 aliphatic heterocycles. The Bertz CT molecular complexity index is 887. The Morgan fingerprint density at radius 1 is 1.13 bits per heavy atom. The predicted molar refractivity (Wildman–Crippen MR) is 119 cm³/mol. The van der Waals surface area contributed by atoms with Crippen LogP contribution in [0.1, 0.15) is 59.2 Å². The average Bonchev–Trinajstić information content (AvgIpc) is 3.01. The standard InChI is InChI=1S/C21H27BrF3N3O2S/c1-19(2,3)15(10-8-13-7-9-14(26-11-13)21(23,24)25)28(17-27-12-16(22)31-17)18(29)30-20(4,5)6/h7,9,11-12,15H,8,10H2,1-6H3/t15-/m0/s1. The van der Waals surface area contributed by atoms with Gasteiger partial charge in [-0.15, -0.1) is 0 Å². The third-order valence-corrected chi connectivity index (χ3v) is 5.87. The number of rotatable bonds is 5. The van der Waals surface area contributed by atoms with E-state index >= 15 is 0 Å². The summed E-state index contributed by atoms with van der Waals surface area (Å²) in [6.07, 6.45) is -1.19. The highest BCUT2D eigenvalue weighted by Crippen LogP contribution is 2.36. The molecule has 0 unspecified atom stereocenters. The number of carbonyl (C=O) groups excluding carboxylic acids is 1. The first-order valence-electron chi connectivity index (χ1n) is 9.73. The molecule has 5 nitrogen and oxygen atoms in total. The third-order valence-electron chi connectivity index (χ3n) is 4.39. The summed E-state index contributed by atoms with van der Waals surface area (Å²) in [5.41, 5.74) is -1.31. The Hall–Kier alpha value is -1.68. The van der Waals surface area contributed by atoms with Gasteiger partial charge in [0.25, 0.3) is 0 Å². The molecule has 0 fully saturated rings. The van der Waals surface area contributed by atoms with Crippen LogP contribution in [-0.2, 0) is 17.3 Å². The fraction of sp³-hybridized carbons (Fsp3) is 0.571. The molecular weight excluding hydrogens is 495 g/mol. The summed E-state index contributed by atoms with van der Waals surface area (Å²) in [6.45, 7) is 11.4. The third kappa shape index (κ3) is 7.45. The number of carbonyl (C=O) groups is 1. The van der Waals surface area contributed by atoms with Gasteiger partial charge in [-0.05, 0) is 66.6 Å². The summed E-state index contributed by atoms with van der Waals surface area (Å²) in [4.78, 5) is 22.6. The molecule has 0 saturated carbocycles. The van der Waals surface area contributed by atoms with Crippen LogP contribution in [-0.4, -0.2) is 27.7 Å². The quantitative estimate of drug-likeness (QED) is 0.420. The van der Waals surface area contributed by atoms with Gasteiger partial charge in [-0.1, -0.05) is 38.2 Å². The van der Waals surface area contributed by atoms with Crippen molar-refractivity contribution in [2.75, 3.05) is 4.90 Å². The van der Waals surface area contributed by atoms with Crippen molar-refractivity contribution in [3.05, 3.63) is 39.6 Å². The number of pyridine rings is 1. The maximum Gasteiger partial charge on any atom is 0.433 e. The molecule has 0 aromatic carbocycles. The largest absolute Gasteiger partial charge is 0.443 e. The van der Waals surface area contributed by atoms with Gasteiger partial charge in [-0.25, -0.2) is 14.7 Å². The van der Waals surface area contributed by atoms with Crippen molar-refractivity contribution >= 4 is 38.5 Å². The van der Waals surface area contributed by atoms with Gasteiger partial charge in [0, 0.05) is 12.2 Å². The normalized spacial score (nSPS) is 13.7. The monoisotopic (exact) mass is 521 g/mol. The van der Waals surface area contributed by atoms with Crippen molar-refractivity contribution in [3.63, 3.8) is 0 Å².